The van der Waals surface area contributed by atoms with Crippen LogP contribution in [0, 0.1) is 5.92 Å². The van der Waals surface area contributed by atoms with E-state index in [1.54, 1.807) is 0 Å². The summed E-state index contributed by atoms with van der Waals surface area (Å²) in [5, 5.41) is 10.1. The van der Waals surface area contributed by atoms with Gasteiger partial charge in [-0.1, -0.05) is 29.8 Å². The van der Waals surface area contributed by atoms with E-state index >= 15 is 0 Å². The standard InChI is InChI=1S/C13H17BrO3/c1-8(2)5-11(15)9-6-12-13(7-10(9)14)17-4-3-16-12/h6-8,11,15H,3-5H2,1-2H3. The Morgan fingerprint density at radius 2 is 1.82 bits per heavy atom. The van der Waals surface area contributed by atoms with Crippen LogP contribution in [0.15, 0.2) is 16.6 Å². The molecule has 1 atom stereocenters. The second-order valence-corrected chi connectivity index (χ2v) is 5.52. The van der Waals surface area contributed by atoms with Crippen LogP contribution in [0.3, 0.4) is 0 Å². The highest BCUT2D eigenvalue weighted by atomic mass is 79.9. The Morgan fingerprint density at radius 1 is 1.24 bits per heavy atom. The largest absolute Gasteiger partial charge is 0.486 e. The fourth-order valence-corrected chi connectivity index (χ4v) is 2.50. The summed E-state index contributed by atoms with van der Waals surface area (Å²) in [6.45, 7) is 5.33. The Kier molecular flexibility index (Phi) is 3.94. The van der Waals surface area contributed by atoms with Crippen LogP contribution < -0.4 is 9.47 Å². The molecule has 0 amide bonds. The number of fused-ring (bicyclic) bond motifs is 1. The van der Waals surface area contributed by atoms with Crippen molar-refractivity contribution in [3.05, 3.63) is 22.2 Å². The first-order valence-corrected chi connectivity index (χ1v) is 6.64. The van der Waals surface area contributed by atoms with Crippen LogP contribution >= 0.6 is 15.9 Å². The van der Waals surface area contributed by atoms with Crippen molar-refractivity contribution in [2.45, 2.75) is 26.4 Å². The minimum absolute atomic E-state index is 0.449. The van der Waals surface area contributed by atoms with Crippen molar-refractivity contribution in [1.82, 2.24) is 0 Å². The van der Waals surface area contributed by atoms with Crippen molar-refractivity contribution in [2.75, 3.05) is 13.2 Å². The molecule has 0 aliphatic carbocycles. The van der Waals surface area contributed by atoms with Crippen molar-refractivity contribution >= 4 is 15.9 Å². The summed E-state index contributed by atoms with van der Waals surface area (Å²) < 4.78 is 11.9. The highest BCUT2D eigenvalue weighted by Gasteiger charge is 2.19. The molecule has 0 saturated carbocycles. The molecule has 94 valence electrons. The van der Waals surface area contributed by atoms with E-state index in [1.807, 2.05) is 12.1 Å². The molecular weight excluding hydrogens is 284 g/mol. The van der Waals surface area contributed by atoms with Gasteiger partial charge in [0.15, 0.2) is 11.5 Å². The normalized spacial score (nSPS) is 16.1. The number of hydrogen-bond donors (Lipinski definition) is 1. The highest BCUT2D eigenvalue weighted by molar-refractivity contribution is 9.10. The van der Waals surface area contributed by atoms with Gasteiger partial charge in [0.1, 0.15) is 13.2 Å². The van der Waals surface area contributed by atoms with E-state index in [4.69, 9.17) is 9.47 Å². The van der Waals surface area contributed by atoms with Gasteiger partial charge in [0.25, 0.3) is 0 Å². The molecule has 1 aliphatic rings. The average Bonchev–Trinajstić information content (AvgIpc) is 2.27. The maximum absolute atomic E-state index is 10.1. The van der Waals surface area contributed by atoms with Gasteiger partial charge in [-0.25, -0.2) is 0 Å². The summed E-state index contributed by atoms with van der Waals surface area (Å²) in [6.07, 6.45) is 0.262. The molecule has 0 saturated heterocycles. The van der Waals surface area contributed by atoms with Gasteiger partial charge in [0.2, 0.25) is 0 Å². The Morgan fingerprint density at radius 3 is 2.41 bits per heavy atom. The Labute approximate surface area is 110 Å². The molecule has 4 heteroatoms. The number of rotatable bonds is 3. The van der Waals surface area contributed by atoms with Crippen LogP contribution in [0.2, 0.25) is 0 Å². The Bertz CT molecular complexity index is 404. The molecule has 1 heterocycles. The monoisotopic (exact) mass is 300 g/mol. The zero-order valence-corrected chi connectivity index (χ0v) is 11.7. The van der Waals surface area contributed by atoms with Crippen molar-refractivity contribution in [1.29, 1.82) is 0 Å². The van der Waals surface area contributed by atoms with Crippen LogP contribution in [0.1, 0.15) is 31.9 Å². The molecule has 1 aromatic carbocycles. The molecule has 0 aromatic heterocycles. The molecule has 0 bridgehead atoms. The zero-order valence-electron chi connectivity index (χ0n) is 10.1. The molecule has 2 rings (SSSR count). The molecular formula is C13H17BrO3. The van der Waals surface area contributed by atoms with E-state index in [2.05, 4.69) is 29.8 Å². The molecule has 17 heavy (non-hydrogen) atoms. The maximum Gasteiger partial charge on any atom is 0.162 e. The van der Waals surface area contributed by atoms with Gasteiger partial charge in [0, 0.05) is 4.47 Å². The summed E-state index contributed by atoms with van der Waals surface area (Å²) in [5.41, 5.74) is 0.864. The van der Waals surface area contributed by atoms with E-state index in [0.29, 0.717) is 19.1 Å². The van der Waals surface area contributed by atoms with Crippen molar-refractivity contribution in [3.8, 4) is 11.5 Å². The van der Waals surface area contributed by atoms with Crippen molar-refractivity contribution in [3.63, 3.8) is 0 Å². The highest BCUT2D eigenvalue weighted by Crippen LogP contribution is 2.39. The quantitative estimate of drug-likeness (QED) is 0.931. The fourth-order valence-electron chi connectivity index (χ4n) is 1.91. The van der Waals surface area contributed by atoms with E-state index in [0.717, 1.165) is 28.0 Å². The number of ether oxygens (including phenoxy) is 2. The maximum atomic E-state index is 10.1. The number of halogens is 1. The molecule has 1 aliphatic heterocycles. The zero-order chi connectivity index (χ0) is 12.4. The van der Waals surface area contributed by atoms with Crippen molar-refractivity contribution < 1.29 is 14.6 Å². The van der Waals surface area contributed by atoms with Gasteiger partial charge >= 0.3 is 0 Å². The number of benzene rings is 1. The predicted octanol–water partition coefficient (Wildman–Crippen LogP) is 3.30. The summed E-state index contributed by atoms with van der Waals surface area (Å²) in [4.78, 5) is 0. The van der Waals surface area contributed by atoms with Crippen molar-refractivity contribution in [2.24, 2.45) is 5.92 Å². The lowest BCUT2D eigenvalue weighted by Crippen LogP contribution is -2.16. The smallest absolute Gasteiger partial charge is 0.162 e. The van der Waals surface area contributed by atoms with E-state index < -0.39 is 6.10 Å². The van der Waals surface area contributed by atoms with Crippen LogP contribution in [0.25, 0.3) is 0 Å². The SMILES string of the molecule is CC(C)CC(O)c1cc2c(cc1Br)OCCO2. The third-order valence-electron chi connectivity index (χ3n) is 2.72. The first-order valence-electron chi connectivity index (χ1n) is 5.85. The lowest BCUT2D eigenvalue weighted by Gasteiger charge is -2.22. The molecule has 0 radical (unpaired) electrons. The minimum Gasteiger partial charge on any atom is -0.486 e. The second kappa shape index (κ2) is 5.27. The second-order valence-electron chi connectivity index (χ2n) is 4.66. The number of hydrogen-bond acceptors (Lipinski definition) is 3. The third kappa shape index (κ3) is 2.93. The van der Waals surface area contributed by atoms with Gasteiger partial charge in [-0.15, -0.1) is 0 Å². The molecule has 1 aromatic rings. The topological polar surface area (TPSA) is 38.7 Å². The van der Waals surface area contributed by atoms with Crippen LogP contribution in [0.4, 0.5) is 0 Å². The molecule has 0 spiro atoms. The summed E-state index contributed by atoms with van der Waals surface area (Å²) in [5.74, 6) is 1.91. The first kappa shape index (κ1) is 12.7. The van der Waals surface area contributed by atoms with Crippen LogP contribution in [-0.4, -0.2) is 18.3 Å². The molecule has 0 fully saturated rings. The number of aliphatic hydroxyl groups excluding tert-OH is 1. The summed E-state index contributed by atoms with van der Waals surface area (Å²) in [6, 6.07) is 3.74. The molecule has 1 N–H and O–H groups in total. The minimum atomic E-state index is -0.472. The first-order chi connectivity index (χ1) is 8.08. The van der Waals surface area contributed by atoms with Gasteiger partial charge in [-0.3, -0.25) is 0 Å². The van der Waals surface area contributed by atoms with Crippen LogP contribution in [0.5, 0.6) is 11.5 Å². The van der Waals surface area contributed by atoms with Crippen LogP contribution in [-0.2, 0) is 0 Å². The fraction of sp³-hybridized carbons (Fsp3) is 0.538. The number of aliphatic hydroxyl groups is 1. The lowest BCUT2D eigenvalue weighted by atomic mass is 9.99. The van der Waals surface area contributed by atoms with Gasteiger partial charge < -0.3 is 14.6 Å². The van der Waals surface area contributed by atoms with E-state index in [1.165, 1.54) is 0 Å². The third-order valence-corrected chi connectivity index (χ3v) is 3.40. The van der Waals surface area contributed by atoms with Gasteiger partial charge in [-0.2, -0.15) is 0 Å². The van der Waals surface area contributed by atoms with E-state index in [9.17, 15) is 5.11 Å². The Balaban J connectivity index is 2.28. The predicted molar refractivity (Wildman–Crippen MR) is 69.5 cm³/mol. The Hall–Kier alpha value is -0.740. The van der Waals surface area contributed by atoms with Gasteiger partial charge in [-0.05, 0) is 30.0 Å². The lowest BCUT2D eigenvalue weighted by molar-refractivity contribution is 0.146. The molecule has 1 unspecified atom stereocenters. The van der Waals surface area contributed by atoms with E-state index in [-0.39, 0.29) is 0 Å². The summed E-state index contributed by atoms with van der Waals surface area (Å²) >= 11 is 3.47. The summed E-state index contributed by atoms with van der Waals surface area (Å²) in [7, 11) is 0. The molecule has 3 nitrogen and oxygen atoms in total. The average molecular weight is 301 g/mol. The van der Waals surface area contributed by atoms with Gasteiger partial charge in [0.05, 0.1) is 6.10 Å².